The Morgan fingerprint density at radius 1 is 1.00 bits per heavy atom. The Labute approximate surface area is 171 Å². The van der Waals surface area contributed by atoms with E-state index in [4.69, 9.17) is 14.0 Å². The molecular weight excluding hydrogens is 366 g/mol. The van der Waals surface area contributed by atoms with Gasteiger partial charge in [0.25, 0.3) is 0 Å². The molecule has 3 saturated carbocycles. The first kappa shape index (κ1) is 18.9. The number of carbonyl (C=O) groups is 1. The van der Waals surface area contributed by atoms with Gasteiger partial charge in [0.2, 0.25) is 0 Å². The van der Waals surface area contributed by atoms with Gasteiger partial charge < -0.3 is 14.0 Å². The second-order valence-electron chi connectivity index (χ2n) is 9.03. The molecule has 1 heterocycles. The zero-order chi connectivity index (χ0) is 20.0. The fraction of sp³-hybridized carbons (Fsp3) is 0.583. The largest absolute Gasteiger partial charge is 0.487 e. The van der Waals surface area contributed by atoms with Crippen molar-refractivity contribution in [2.45, 2.75) is 77.6 Å². The van der Waals surface area contributed by atoms with E-state index in [0.29, 0.717) is 24.9 Å². The van der Waals surface area contributed by atoms with E-state index in [1.54, 1.807) is 0 Å². The van der Waals surface area contributed by atoms with Crippen LogP contribution in [0, 0.1) is 25.7 Å². The Morgan fingerprint density at radius 2 is 1.66 bits per heavy atom. The van der Waals surface area contributed by atoms with Crippen LogP contribution in [0.5, 0.6) is 5.75 Å². The Bertz CT molecular complexity index is 877. The van der Waals surface area contributed by atoms with Gasteiger partial charge >= 0.3 is 0 Å². The van der Waals surface area contributed by atoms with Crippen molar-refractivity contribution < 1.29 is 18.8 Å². The lowest BCUT2D eigenvalue weighted by molar-refractivity contribution is -0.130. The van der Waals surface area contributed by atoms with E-state index in [9.17, 15) is 4.79 Å². The lowest BCUT2D eigenvalue weighted by atomic mass is 9.86. The quantitative estimate of drug-likeness (QED) is 0.658. The van der Waals surface area contributed by atoms with Crippen molar-refractivity contribution in [2.75, 3.05) is 0 Å². The summed E-state index contributed by atoms with van der Waals surface area (Å²) in [6, 6.07) is 6.16. The van der Waals surface area contributed by atoms with Gasteiger partial charge in [-0.3, -0.25) is 4.79 Å². The molecule has 5 rings (SSSR count). The van der Waals surface area contributed by atoms with Gasteiger partial charge in [-0.15, -0.1) is 0 Å². The number of fused-ring (bicyclic) bond motifs is 2. The molecule has 0 saturated heterocycles. The van der Waals surface area contributed by atoms with E-state index in [1.165, 1.54) is 0 Å². The van der Waals surface area contributed by atoms with Gasteiger partial charge in [-0.25, -0.2) is 0 Å². The maximum Gasteiger partial charge on any atom is 0.145 e. The Kier molecular flexibility index (Phi) is 4.94. The van der Waals surface area contributed by atoms with Crippen LogP contribution in [0.4, 0.5) is 0 Å². The van der Waals surface area contributed by atoms with Gasteiger partial charge in [0.15, 0.2) is 0 Å². The summed E-state index contributed by atoms with van der Waals surface area (Å²) in [5.74, 6) is 3.26. The first-order valence-electron chi connectivity index (χ1n) is 10.9. The van der Waals surface area contributed by atoms with Crippen molar-refractivity contribution in [2.24, 2.45) is 11.8 Å². The number of Topliss-reactive ketones (excluding diaryl/α,β-unsaturated/α-hetero) is 1. The highest BCUT2D eigenvalue weighted by atomic mass is 16.5. The summed E-state index contributed by atoms with van der Waals surface area (Å²) in [7, 11) is 0. The molecule has 3 aliphatic rings. The number of aromatic nitrogens is 1. The molecule has 1 aromatic heterocycles. The number of ketones is 1. The molecule has 3 fully saturated rings. The highest BCUT2D eigenvalue weighted by Crippen LogP contribution is 2.44. The molecule has 3 aliphatic carbocycles. The zero-order valence-electron chi connectivity index (χ0n) is 17.3. The van der Waals surface area contributed by atoms with Crippen LogP contribution in [-0.4, -0.2) is 17.0 Å². The van der Waals surface area contributed by atoms with E-state index in [2.05, 4.69) is 31.1 Å². The number of benzene rings is 1. The van der Waals surface area contributed by atoms with Gasteiger partial charge in [-0.1, -0.05) is 23.4 Å². The third kappa shape index (κ3) is 3.73. The second-order valence-corrected chi connectivity index (χ2v) is 9.03. The molecule has 5 heteroatoms. The highest BCUT2D eigenvalue weighted by Gasteiger charge is 2.42. The molecule has 154 valence electrons. The third-order valence-corrected chi connectivity index (χ3v) is 6.84. The molecule has 0 aliphatic heterocycles. The number of carbonyl (C=O) groups excluding carboxylic acids is 1. The predicted molar refractivity (Wildman–Crippen MR) is 108 cm³/mol. The maximum atomic E-state index is 12.1. The Morgan fingerprint density at radius 3 is 2.31 bits per heavy atom. The normalized spacial score (nSPS) is 26.1. The fourth-order valence-corrected chi connectivity index (χ4v) is 5.01. The minimum Gasteiger partial charge on any atom is -0.487 e. The predicted octanol–water partition coefficient (Wildman–Crippen LogP) is 5.02. The molecule has 1 aromatic carbocycles. The number of hydrogen-bond donors (Lipinski definition) is 0. The van der Waals surface area contributed by atoms with Crippen molar-refractivity contribution in [1.82, 2.24) is 5.16 Å². The van der Waals surface area contributed by atoms with Crippen molar-refractivity contribution >= 4 is 5.78 Å². The van der Waals surface area contributed by atoms with Crippen LogP contribution in [0.2, 0.25) is 0 Å². The molecule has 0 spiro atoms. The number of hydrogen-bond acceptors (Lipinski definition) is 5. The Hall–Kier alpha value is -2.14. The van der Waals surface area contributed by atoms with Gasteiger partial charge in [-0.05, 0) is 63.5 Å². The lowest BCUT2D eigenvalue weighted by Crippen LogP contribution is -2.31. The first-order valence-corrected chi connectivity index (χ1v) is 10.9. The average Bonchev–Trinajstić information content (AvgIpc) is 3.44. The van der Waals surface area contributed by atoms with Crippen LogP contribution in [0.25, 0.3) is 0 Å². The molecule has 0 radical (unpaired) electrons. The minimum atomic E-state index is 0.166. The van der Waals surface area contributed by atoms with Crippen molar-refractivity contribution in [3.05, 3.63) is 46.3 Å². The summed E-state index contributed by atoms with van der Waals surface area (Å²) in [6.07, 6.45) is 6.29. The number of ether oxygens (including phenoxy) is 2. The monoisotopic (exact) mass is 395 g/mol. The molecule has 0 N–H and O–H groups in total. The minimum absolute atomic E-state index is 0.166. The summed E-state index contributed by atoms with van der Waals surface area (Å²) in [5.41, 5.74) is 4.14. The van der Waals surface area contributed by atoms with E-state index in [0.717, 1.165) is 72.4 Å². The molecule has 0 amide bonds. The van der Waals surface area contributed by atoms with Gasteiger partial charge in [0, 0.05) is 23.3 Å². The van der Waals surface area contributed by atoms with Crippen LogP contribution < -0.4 is 4.74 Å². The van der Waals surface area contributed by atoms with Gasteiger partial charge in [0.05, 0.1) is 12.7 Å². The SMILES string of the molecule is Cc1cccc(C)c1OCc1noc(C2CC2)c1COC1CC2CC[C@H](C1)C2=O. The molecule has 2 bridgehead atoms. The van der Waals surface area contributed by atoms with E-state index >= 15 is 0 Å². The Balaban J connectivity index is 1.29. The summed E-state index contributed by atoms with van der Waals surface area (Å²) in [6.45, 7) is 5.00. The molecule has 5 nitrogen and oxygen atoms in total. The van der Waals surface area contributed by atoms with Crippen LogP contribution in [0.15, 0.2) is 22.7 Å². The molecular formula is C24H29NO4. The van der Waals surface area contributed by atoms with Crippen molar-refractivity contribution in [3.63, 3.8) is 0 Å². The summed E-state index contributed by atoms with van der Waals surface area (Å²) in [5, 5.41) is 4.34. The zero-order valence-corrected chi connectivity index (χ0v) is 17.3. The smallest absolute Gasteiger partial charge is 0.145 e. The topological polar surface area (TPSA) is 61.6 Å². The summed E-state index contributed by atoms with van der Waals surface area (Å²) >= 11 is 0. The van der Waals surface area contributed by atoms with Crippen LogP contribution >= 0.6 is 0 Å². The number of rotatable bonds is 7. The number of para-hydroxylation sites is 1. The van der Waals surface area contributed by atoms with Gasteiger partial charge in [-0.2, -0.15) is 0 Å². The van der Waals surface area contributed by atoms with Crippen LogP contribution in [-0.2, 0) is 22.7 Å². The van der Waals surface area contributed by atoms with Crippen LogP contribution in [0.1, 0.15) is 72.6 Å². The van der Waals surface area contributed by atoms with E-state index < -0.39 is 0 Å². The molecule has 2 aromatic rings. The third-order valence-electron chi connectivity index (χ3n) is 6.84. The number of nitrogens with zero attached hydrogens (tertiary/aromatic N) is 1. The second kappa shape index (κ2) is 7.60. The summed E-state index contributed by atoms with van der Waals surface area (Å²) < 4.78 is 18.2. The molecule has 3 atom stereocenters. The highest BCUT2D eigenvalue weighted by molar-refractivity contribution is 5.86. The molecule has 2 unspecified atom stereocenters. The number of aryl methyl sites for hydroxylation is 2. The van der Waals surface area contributed by atoms with Gasteiger partial charge in [0.1, 0.15) is 29.6 Å². The maximum absolute atomic E-state index is 12.1. The standard InChI is InChI=1S/C24H29NO4/c1-14-4-3-5-15(2)23(14)28-13-21-20(24(29-25-21)16-6-7-16)12-27-19-10-17-8-9-18(11-19)22(17)26/h3-5,16-19H,6-13H2,1-2H3/t17-,18?,19?/m1/s1. The average molecular weight is 395 g/mol. The molecule has 29 heavy (non-hydrogen) atoms. The van der Waals surface area contributed by atoms with E-state index in [-0.39, 0.29) is 17.9 Å². The fourth-order valence-electron chi connectivity index (χ4n) is 5.01. The first-order chi connectivity index (χ1) is 14.1. The van der Waals surface area contributed by atoms with E-state index in [1.807, 2.05) is 6.07 Å². The van der Waals surface area contributed by atoms with Crippen molar-refractivity contribution in [3.8, 4) is 5.75 Å². The van der Waals surface area contributed by atoms with Crippen molar-refractivity contribution in [1.29, 1.82) is 0 Å². The summed E-state index contributed by atoms with van der Waals surface area (Å²) in [4.78, 5) is 12.1. The lowest BCUT2D eigenvalue weighted by Gasteiger charge is -2.26. The van der Waals surface area contributed by atoms with Crippen LogP contribution in [0.3, 0.4) is 0 Å².